The number of nitrogens with zero attached hydrogens (tertiary/aromatic N) is 3. The monoisotopic (exact) mass is 360 g/mol. The van der Waals surface area contributed by atoms with E-state index < -0.39 is 0 Å². The number of hydrogen-bond donors (Lipinski definition) is 1. The van der Waals surface area contributed by atoms with Crippen molar-refractivity contribution in [3.8, 4) is 0 Å². The van der Waals surface area contributed by atoms with Crippen LogP contribution in [0.25, 0.3) is 11.2 Å². The summed E-state index contributed by atoms with van der Waals surface area (Å²) < 4.78 is 8.72. The van der Waals surface area contributed by atoms with E-state index in [1.807, 2.05) is 13.8 Å². The third-order valence-corrected chi connectivity index (χ3v) is 5.87. The summed E-state index contributed by atoms with van der Waals surface area (Å²) in [4.78, 5) is 33.7. The van der Waals surface area contributed by atoms with Gasteiger partial charge in [-0.2, -0.15) is 0 Å². The molecule has 7 nitrogen and oxygen atoms in total. The smallest absolute Gasteiger partial charge is 0.332 e. The fourth-order valence-corrected chi connectivity index (χ4v) is 4.58. The Bertz CT molecular complexity index is 925. The summed E-state index contributed by atoms with van der Waals surface area (Å²) in [5.74, 6) is 1.58. The number of nitrogens with one attached hydrogen (secondary N) is 1. The number of ether oxygens (including phenoxy) is 1. The molecule has 142 valence electrons. The summed E-state index contributed by atoms with van der Waals surface area (Å²) >= 11 is 0. The molecule has 0 radical (unpaired) electrons. The van der Waals surface area contributed by atoms with Crippen molar-refractivity contribution in [1.29, 1.82) is 0 Å². The molecular formula is C19H28N4O3. The highest BCUT2D eigenvalue weighted by atomic mass is 16.6. The van der Waals surface area contributed by atoms with Crippen molar-refractivity contribution >= 4 is 11.2 Å². The maximum atomic E-state index is 12.9. The van der Waals surface area contributed by atoms with Crippen LogP contribution in [0.15, 0.2) is 9.59 Å². The van der Waals surface area contributed by atoms with Gasteiger partial charge in [-0.3, -0.25) is 13.9 Å². The van der Waals surface area contributed by atoms with E-state index in [1.54, 1.807) is 4.57 Å². The first kappa shape index (κ1) is 17.5. The van der Waals surface area contributed by atoms with Gasteiger partial charge in [0.25, 0.3) is 5.56 Å². The lowest BCUT2D eigenvalue weighted by atomic mass is 9.91. The number of epoxide rings is 1. The summed E-state index contributed by atoms with van der Waals surface area (Å²) in [5.41, 5.74) is 0.492. The van der Waals surface area contributed by atoms with Crippen molar-refractivity contribution in [2.75, 3.05) is 0 Å². The molecule has 2 aliphatic rings. The second-order valence-corrected chi connectivity index (χ2v) is 7.72. The molecule has 0 spiro atoms. The maximum absolute atomic E-state index is 12.9. The molecule has 1 saturated heterocycles. The fourth-order valence-electron chi connectivity index (χ4n) is 4.58. The van der Waals surface area contributed by atoms with Crippen molar-refractivity contribution in [3.05, 3.63) is 26.7 Å². The third kappa shape index (κ3) is 2.73. The predicted molar refractivity (Wildman–Crippen MR) is 99.6 cm³/mol. The highest BCUT2D eigenvalue weighted by Crippen LogP contribution is 2.47. The van der Waals surface area contributed by atoms with E-state index in [9.17, 15) is 9.59 Å². The summed E-state index contributed by atoms with van der Waals surface area (Å²) in [7, 11) is 0. The molecule has 2 fully saturated rings. The summed E-state index contributed by atoms with van der Waals surface area (Å²) in [5, 5.41) is 0. The second kappa shape index (κ2) is 6.68. The van der Waals surface area contributed by atoms with Crippen molar-refractivity contribution in [2.24, 2.45) is 5.92 Å². The second-order valence-electron chi connectivity index (χ2n) is 7.72. The number of aromatic nitrogens is 4. The zero-order chi connectivity index (χ0) is 18.4. The Labute approximate surface area is 152 Å². The van der Waals surface area contributed by atoms with Gasteiger partial charge in [0.2, 0.25) is 0 Å². The minimum absolute atomic E-state index is 0.244. The van der Waals surface area contributed by atoms with Gasteiger partial charge in [0, 0.05) is 19.0 Å². The van der Waals surface area contributed by atoms with Crippen LogP contribution in [0.3, 0.4) is 0 Å². The Kier molecular flexibility index (Phi) is 4.50. The minimum atomic E-state index is -0.247. The molecule has 4 atom stereocenters. The molecule has 1 N–H and O–H groups in total. The first-order valence-electron chi connectivity index (χ1n) is 9.95. The molecule has 7 heteroatoms. The lowest BCUT2D eigenvalue weighted by Gasteiger charge is -2.15. The molecule has 1 aliphatic heterocycles. The number of H-pyrrole nitrogens is 1. The van der Waals surface area contributed by atoms with E-state index in [2.05, 4.69) is 11.9 Å². The molecule has 26 heavy (non-hydrogen) atoms. The topological polar surface area (TPSA) is 85.2 Å². The van der Waals surface area contributed by atoms with E-state index in [0.29, 0.717) is 42.4 Å². The Morgan fingerprint density at radius 3 is 2.50 bits per heavy atom. The van der Waals surface area contributed by atoms with Gasteiger partial charge in [-0.15, -0.1) is 0 Å². The molecule has 1 aliphatic carbocycles. The van der Waals surface area contributed by atoms with Gasteiger partial charge < -0.3 is 9.72 Å². The molecule has 0 bridgehead atoms. The Balaban J connectivity index is 1.83. The van der Waals surface area contributed by atoms with Gasteiger partial charge in [-0.1, -0.05) is 20.3 Å². The van der Waals surface area contributed by atoms with E-state index in [4.69, 9.17) is 9.72 Å². The molecule has 2 aromatic heterocycles. The van der Waals surface area contributed by atoms with Crippen LogP contribution in [0, 0.1) is 5.92 Å². The number of imidazole rings is 1. The van der Waals surface area contributed by atoms with Crippen molar-refractivity contribution in [1.82, 2.24) is 19.1 Å². The fraction of sp³-hybridized carbons (Fsp3) is 0.737. The summed E-state index contributed by atoms with van der Waals surface area (Å²) in [6.45, 7) is 7.12. The van der Waals surface area contributed by atoms with Gasteiger partial charge in [-0.25, -0.2) is 9.78 Å². The Morgan fingerprint density at radius 1 is 1.15 bits per heavy atom. The summed E-state index contributed by atoms with van der Waals surface area (Å²) in [6, 6.07) is 0. The first-order chi connectivity index (χ1) is 12.6. The summed E-state index contributed by atoms with van der Waals surface area (Å²) in [6.07, 6.45) is 5.55. The van der Waals surface area contributed by atoms with E-state index in [-0.39, 0.29) is 17.2 Å². The third-order valence-electron chi connectivity index (χ3n) is 5.87. The van der Waals surface area contributed by atoms with Gasteiger partial charge in [0.1, 0.15) is 11.3 Å². The van der Waals surface area contributed by atoms with E-state index in [0.717, 1.165) is 37.9 Å². The van der Waals surface area contributed by atoms with Crippen LogP contribution < -0.4 is 11.2 Å². The highest BCUT2D eigenvalue weighted by molar-refractivity contribution is 5.70. The Morgan fingerprint density at radius 2 is 1.85 bits per heavy atom. The molecule has 3 heterocycles. The number of aryl methyl sites for hydroxylation is 1. The molecule has 0 amide bonds. The van der Waals surface area contributed by atoms with Gasteiger partial charge in [-0.05, 0) is 38.5 Å². The van der Waals surface area contributed by atoms with Crippen molar-refractivity contribution < 1.29 is 4.74 Å². The number of fused-ring (bicyclic) bond motifs is 1. The lowest BCUT2D eigenvalue weighted by molar-refractivity contribution is 0.302. The molecule has 4 rings (SSSR count). The quantitative estimate of drug-likeness (QED) is 0.802. The SMILES string of the molecule is CCCn1c(=O)c2[nH]c(C3CCC[C@H]3[C@H]3OC3C)nc2n(CCC)c1=O. The Hall–Kier alpha value is -1.89. The van der Waals surface area contributed by atoms with Crippen molar-refractivity contribution in [2.45, 2.75) is 84.1 Å². The number of aromatic amines is 1. The molecular weight excluding hydrogens is 332 g/mol. The normalized spacial score (nSPS) is 28.1. The van der Waals surface area contributed by atoms with E-state index in [1.165, 1.54) is 4.57 Å². The zero-order valence-corrected chi connectivity index (χ0v) is 15.8. The minimum Gasteiger partial charge on any atom is -0.370 e. The number of rotatable bonds is 6. The first-order valence-corrected chi connectivity index (χ1v) is 9.95. The average Bonchev–Trinajstić information content (AvgIpc) is 3.04. The largest absolute Gasteiger partial charge is 0.370 e. The van der Waals surface area contributed by atoms with Crippen LogP contribution in [0.5, 0.6) is 0 Å². The van der Waals surface area contributed by atoms with Crippen molar-refractivity contribution in [3.63, 3.8) is 0 Å². The lowest BCUT2D eigenvalue weighted by Crippen LogP contribution is -2.40. The van der Waals surface area contributed by atoms with Gasteiger partial charge in [0.05, 0.1) is 12.2 Å². The van der Waals surface area contributed by atoms with Crippen LogP contribution in [-0.2, 0) is 17.8 Å². The van der Waals surface area contributed by atoms with Crippen LogP contribution in [0.1, 0.15) is 64.6 Å². The van der Waals surface area contributed by atoms with E-state index >= 15 is 0 Å². The predicted octanol–water partition coefficient (Wildman–Crippen LogP) is 2.38. The standard InChI is InChI=1S/C19H28N4O3/c1-4-9-22-17-14(18(24)23(10-5-2)19(22)25)20-16(21-17)13-8-6-7-12(13)15-11(3)26-15/h11-13,15H,4-10H2,1-3H3,(H,20,21)/t11?,12-,13?,15+/m1/s1. The zero-order valence-electron chi connectivity index (χ0n) is 15.8. The highest BCUT2D eigenvalue weighted by Gasteiger charge is 2.47. The van der Waals surface area contributed by atoms with Gasteiger partial charge >= 0.3 is 5.69 Å². The van der Waals surface area contributed by atoms with Crippen LogP contribution in [-0.4, -0.2) is 31.3 Å². The van der Waals surface area contributed by atoms with Crippen LogP contribution in [0.2, 0.25) is 0 Å². The van der Waals surface area contributed by atoms with Gasteiger partial charge in [0.15, 0.2) is 5.65 Å². The maximum Gasteiger partial charge on any atom is 0.332 e. The van der Waals surface area contributed by atoms with Crippen LogP contribution in [0.4, 0.5) is 0 Å². The molecule has 0 aromatic carbocycles. The number of hydrogen-bond acceptors (Lipinski definition) is 4. The molecule has 1 saturated carbocycles. The molecule has 2 unspecified atom stereocenters. The average molecular weight is 360 g/mol. The molecule has 2 aromatic rings. The van der Waals surface area contributed by atoms with Crippen LogP contribution >= 0.6 is 0 Å².